The van der Waals surface area contributed by atoms with Gasteiger partial charge in [-0.2, -0.15) is 0 Å². The molecule has 4 nitrogen and oxygen atoms in total. The lowest BCUT2D eigenvalue weighted by atomic mass is 10.1. The summed E-state index contributed by atoms with van der Waals surface area (Å²) in [6, 6.07) is 4.13. The normalized spacial score (nSPS) is 11.9. The minimum absolute atomic E-state index is 0.0368. The molecule has 2 N–H and O–H groups in total. The number of amides is 2. The van der Waals surface area contributed by atoms with E-state index in [1.54, 1.807) is 11.3 Å². The molecule has 21 heavy (non-hydrogen) atoms. The lowest BCUT2D eigenvalue weighted by Crippen LogP contribution is -2.33. The molecule has 0 fully saturated rings. The highest BCUT2D eigenvalue weighted by atomic mass is 32.1. The largest absolute Gasteiger partial charge is 0.354 e. The van der Waals surface area contributed by atoms with Gasteiger partial charge in [0.15, 0.2) is 0 Å². The molecule has 5 heteroatoms. The molecule has 1 aromatic heterocycles. The third-order valence-electron chi connectivity index (χ3n) is 3.27. The maximum Gasteiger partial charge on any atom is 0.220 e. The van der Waals surface area contributed by atoms with Gasteiger partial charge in [-0.1, -0.05) is 32.3 Å². The second kappa shape index (κ2) is 10.4. The molecule has 0 aliphatic rings. The summed E-state index contributed by atoms with van der Waals surface area (Å²) in [5, 5.41) is 7.76. The SMILES string of the molecule is CCCCC[C@H](C)NC(=O)CCC(=O)NCc1cccs1. The Kier molecular flexibility index (Phi) is 8.74. The van der Waals surface area contributed by atoms with Crippen molar-refractivity contribution in [2.24, 2.45) is 0 Å². The molecule has 1 rings (SSSR count). The molecular weight excluding hydrogens is 284 g/mol. The molecule has 1 aromatic rings. The van der Waals surface area contributed by atoms with Crippen molar-refractivity contribution in [1.82, 2.24) is 10.6 Å². The Morgan fingerprint density at radius 3 is 2.67 bits per heavy atom. The highest BCUT2D eigenvalue weighted by Crippen LogP contribution is 2.07. The van der Waals surface area contributed by atoms with Crippen molar-refractivity contribution in [1.29, 1.82) is 0 Å². The van der Waals surface area contributed by atoms with Gasteiger partial charge in [0.05, 0.1) is 6.54 Å². The molecule has 0 aliphatic heterocycles. The molecule has 0 unspecified atom stereocenters. The summed E-state index contributed by atoms with van der Waals surface area (Å²) in [5.41, 5.74) is 0. The van der Waals surface area contributed by atoms with E-state index in [4.69, 9.17) is 0 Å². The van der Waals surface area contributed by atoms with E-state index in [0.717, 1.165) is 17.7 Å². The Bertz CT molecular complexity index is 418. The van der Waals surface area contributed by atoms with Crippen molar-refractivity contribution in [3.8, 4) is 0 Å². The molecule has 0 bridgehead atoms. The lowest BCUT2D eigenvalue weighted by Gasteiger charge is -2.13. The number of nitrogens with one attached hydrogen (secondary N) is 2. The van der Waals surface area contributed by atoms with E-state index < -0.39 is 0 Å². The first kappa shape index (κ1) is 17.7. The van der Waals surface area contributed by atoms with Crippen LogP contribution in [0.5, 0.6) is 0 Å². The van der Waals surface area contributed by atoms with Crippen LogP contribution in [-0.2, 0) is 16.1 Å². The number of hydrogen-bond donors (Lipinski definition) is 2. The first-order valence-electron chi connectivity index (χ1n) is 7.70. The molecular formula is C16H26N2O2S. The predicted octanol–water partition coefficient (Wildman–Crippen LogP) is 3.23. The summed E-state index contributed by atoms with van der Waals surface area (Å²) in [5.74, 6) is -0.109. The zero-order chi connectivity index (χ0) is 15.5. The quantitative estimate of drug-likeness (QED) is 0.652. The number of thiophene rings is 1. The van der Waals surface area contributed by atoms with Gasteiger partial charge in [0.1, 0.15) is 0 Å². The maximum atomic E-state index is 11.7. The van der Waals surface area contributed by atoms with Crippen molar-refractivity contribution >= 4 is 23.2 Å². The fraction of sp³-hybridized carbons (Fsp3) is 0.625. The molecule has 0 radical (unpaired) electrons. The zero-order valence-electron chi connectivity index (χ0n) is 13.0. The first-order chi connectivity index (χ1) is 10.1. The van der Waals surface area contributed by atoms with E-state index in [2.05, 4.69) is 17.6 Å². The Balaban J connectivity index is 2.09. The van der Waals surface area contributed by atoms with Crippen LogP contribution in [-0.4, -0.2) is 17.9 Å². The van der Waals surface area contributed by atoms with Crippen LogP contribution in [0.15, 0.2) is 17.5 Å². The van der Waals surface area contributed by atoms with E-state index in [1.165, 1.54) is 12.8 Å². The number of carbonyl (C=O) groups excluding carboxylic acids is 2. The number of hydrogen-bond acceptors (Lipinski definition) is 3. The topological polar surface area (TPSA) is 58.2 Å². The second-order valence-corrected chi connectivity index (χ2v) is 6.35. The highest BCUT2D eigenvalue weighted by Gasteiger charge is 2.09. The van der Waals surface area contributed by atoms with Crippen LogP contribution >= 0.6 is 11.3 Å². The van der Waals surface area contributed by atoms with Gasteiger partial charge in [-0.05, 0) is 24.8 Å². The smallest absolute Gasteiger partial charge is 0.220 e. The summed E-state index contributed by atoms with van der Waals surface area (Å²) < 4.78 is 0. The van der Waals surface area contributed by atoms with Crippen LogP contribution in [0.2, 0.25) is 0 Å². The van der Waals surface area contributed by atoms with Gasteiger partial charge >= 0.3 is 0 Å². The van der Waals surface area contributed by atoms with E-state index >= 15 is 0 Å². The number of unbranched alkanes of at least 4 members (excludes halogenated alkanes) is 2. The molecule has 0 spiro atoms. The summed E-state index contributed by atoms with van der Waals surface area (Å²) in [6.07, 6.45) is 5.03. The Morgan fingerprint density at radius 1 is 1.24 bits per heavy atom. The van der Waals surface area contributed by atoms with Crippen molar-refractivity contribution < 1.29 is 9.59 Å². The number of carbonyl (C=O) groups is 2. The van der Waals surface area contributed by atoms with Crippen molar-refractivity contribution in [2.75, 3.05) is 0 Å². The molecule has 0 aliphatic carbocycles. The lowest BCUT2D eigenvalue weighted by molar-refractivity contribution is -0.126. The average molecular weight is 310 g/mol. The van der Waals surface area contributed by atoms with E-state index in [-0.39, 0.29) is 30.7 Å². The Morgan fingerprint density at radius 2 is 2.00 bits per heavy atom. The van der Waals surface area contributed by atoms with Crippen molar-refractivity contribution in [3.63, 3.8) is 0 Å². The fourth-order valence-electron chi connectivity index (χ4n) is 2.03. The van der Waals surface area contributed by atoms with Crippen LogP contribution < -0.4 is 10.6 Å². The van der Waals surface area contributed by atoms with Crippen LogP contribution in [0.25, 0.3) is 0 Å². The van der Waals surface area contributed by atoms with Crippen LogP contribution in [0.3, 0.4) is 0 Å². The van der Waals surface area contributed by atoms with Gasteiger partial charge in [-0.3, -0.25) is 9.59 Å². The number of rotatable bonds is 10. The fourth-order valence-corrected chi connectivity index (χ4v) is 2.68. The van der Waals surface area contributed by atoms with Gasteiger partial charge in [-0.25, -0.2) is 0 Å². The molecule has 0 saturated carbocycles. The van der Waals surface area contributed by atoms with Gasteiger partial charge in [0.2, 0.25) is 11.8 Å². The standard InChI is InChI=1S/C16H26N2O2S/c1-3-4-5-7-13(2)18-16(20)10-9-15(19)17-12-14-8-6-11-21-14/h6,8,11,13H,3-5,7,9-10,12H2,1-2H3,(H,17,19)(H,18,20)/t13-/m0/s1. The minimum Gasteiger partial charge on any atom is -0.354 e. The second-order valence-electron chi connectivity index (χ2n) is 5.32. The van der Waals surface area contributed by atoms with Gasteiger partial charge in [-0.15, -0.1) is 11.3 Å². The average Bonchev–Trinajstić information content (AvgIpc) is 2.96. The zero-order valence-corrected chi connectivity index (χ0v) is 13.8. The molecule has 0 aromatic carbocycles. The third kappa shape index (κ3) is 8.50. The van der Waals surface area contributed by atoms with E-state index in [9.17, 15) is 9.59 Å². The highest BCUT2D eigenvalue weighted by molar-refractivity contribution is 7.09. The van der Waals surface area contributed by atoms with Crippen molar-refractivity contribution in [3.05, 3.63) is 22.4 Å². The van der Waals surface area contributed by atoms with Crippen LogP contribution in [0.1, 0.15) is 57.2 Å². The third-order valence-corrected chi connectivity index (χ3v) is 4.14. The Labute approximate surface area is 131 Å². The molecule has 0 saturated heterocycles. The molecule has 2 amide bonds. The summed E-state index contributed by atoms with van der Waals surface area (Å²) in [7, 11) is 0. The van der Waals surface area contributed by atoms with Crippen molar-refractivity contribution in [2.45, 2.75) is 65.0 Å². The first-order valence-corrected chi connectivity index (χ1v) is 8.58. The van der Waals surface area contributed by atoms with Gasteiger partial charge in [0, 0.05) is 23.8 Å². The predicted molar refractivity (Wildman–Crippen MR) is 87.1 cm³/mol. The minimum atomic E-state index is -0.0720. The summed E-state index contributed by atoms with van der Waals surface area (Å²) >= 11 is 1.61. The summed E-state index contributed by atoms with van der Waals surface area (Å²) in [4.78, 5) is 24.5. The van der Waals surface area contributed by atoms with Crippen LogP contribution in [0, 0.1) is 0 Å². The van der Waals surface area contributed by atoms with Gasteiger partial charge in [0.25, 0.3) is 0 Å². The van der Waals surface area contributed by atoms with E-state index in [1.807, 2.05) is 24.4 Å². The molecule has 118 valence electrons. The van der Waals surface area contributed by atoms with Gasteiger partial charge < -0.3 is 10.6 Å². The maximum absolute atomic E-state index is 11.7. The summed E-state index contributed by atoms with van der Waals surface area (Å²) in [6.45, 7) is 4.73. The van der Waals surface area contributed by atoms with Crippen LogP contribution in [0.4, 0.5) is 0 Å². The molecule has 1 heterocycles. The van der Waals surface area contributed by atoms with E-state index in [0.29, 0.717) is 6.54 Å². The monoisotopic (exact) mass is 310 g/mol. The Hall–Kier alpha value is -1.36. The molecule has 1 atom stereocenters.